The van der Waals surface area contributed by atoms with Gasteiger partial charge in [-0.25, -0.2) is 9.67 Å². The SMILES string of the molecule is CC(C)C(Sc1ncnn1C)C(N)c1ccccc1. The number of rotatable bonds is 5. The maximum atomic E-state index is 6.43. The monoisotopic (exact) mass is 276 g/mol. The molecule has 5 heteroatoms. The van der Waals surface area contributed by atoms with Gasteiger partial charge in [-0.15, -0.1) is 0 Å². The van der Waals surface area contributed by atoms with Gasteiger partial charge in [0.25, 0.3) is 0 Å². The molecule has 102 valence electrons. The summed E-state index contributed by atoms with van der Waals surface area (Å²) in [6.45, 7) is 4.38. The number of nitrogens with two attached hydrogens (primary N) is 1. The molecule has 4 nitrogen and oxygen atoms in total. The van der Waals surface area contributed by atoms with Crippen molar-refractivity contribution in [1.82, 2.24) is 14.8 Å². The first-order valence-corrected chi connectivity index (χ1v) is 7.28. The molecule has 1 heterocycles. The lowest BCUT2D eigenvalue weighted by Crippen LogP contribution is -2.28. The molecule has 0 aliphatic rings. The van der Waals surface area contributed by atoms with Crippen LogP contribution in [0, 0.1) is 5.92 Å². The summed E-state index contributed by atoms with van der Waals surface area (Å²) >= 11 is 1.70. The van der Waals surface area contributed by atoms with Crippen LogP contribution in [0.2, 0.25) is 0 Å². The van der Waals surface area contributed by atoms with Crippen molar-refractivity contribution in [3.63, 3.8) is 0 Å². The Morgan fingerprint density at radius 2 is 1.89 bits per heavy atom. The van der Waals surface area contributed by atoms with Crippen molar-refractivity contribution >= 4 is 11.8 Å². The van der Waals surface area contributed by atoms with Gasteiger partial charge in [0.2, 0.25) is 0 Å². The summed E-state index contributed by atoms with van der Waals surface area (Å²) in [6, 6.07) is 10.2. The minimum absolute atomic E-state index is 0.0112. The number of aryl methyl sites for hydroxylation is 1. The van der Waals surface area contributed by atoms with Crippen molar-refractivity contribution in [2.75, 3.05) is 0 Å². The van der Waals surface area contributed by atoms with E-state index in [1.54, 1.807) is 22.8 Å². The van der Waals surface area contributed by atoms with Crippen LogP contribution >= 0.6 is 11.8 Å². The Morgan fingerprint density at radius 3 is 2.42 bits per heavy atom. The molecule has 2 atom stereocenters. The third kappa shape index (κ3) is 3.36. The number of thioether (sulfide) groups is 1. The Morgan fingerprint density at radius 1 is 1.21 bits per heavy atom. The third-order valence-electron chi connectivity index (χ3n) is 3.11. The van der Waals surface area contributed by atoms with Gasteiger partial charge in [0.05, 0.1) is 0 Å². The average Bonchev–Trinajstić information content (AvgIpc) is 2.81. The van der Waals surface area contributed by atoms with Gasteiger partial charge < -0.3 is 5.73 Å². The van der Waals surface area contributed by atoms with Crippen molar-refractivity contribution < 1.29 is 0 Å². The molecule has 2 aromatic rings. The number of aromatic nitrogens is 3. The quantitative estimate of drug-likeness (QED) is 0.853. The minimum atomic E-state index is -0.0112. The molecule has 1 aromatic carbocycles. The Balaban J connectivity index is 2.19. The highest BCUT2D eigenvalue weighted by Gasteiger charge is 2.25. The second kappa shape index (κ2) is 6.21. The van der Waals surface area contributed by atoms with Crippen LogP contribution in [0.15, 0.2) is 41.8 Å². The smallest absolute Gasteiger partial charge is 0.186 e. The molecule has 0 saturated heterocycles. The van der Waals surface area contributed by atoms with Crippen molar-refractivity contribution in [3.05, 3.63) is 42.2 Å². The zero-order chi connectivity index (χ0) is 13.8. The molecule has 0 saturated carbocycles. The van der Waals surface area contributed by atoms with Gasteiger partial charge in [-0.2, -0.15) is 5.10 Å². The van der Waals surface area contributed by atoms with E-state index < -0.39 is 0 Å². The van der Waals surface area contributed by atoms with Crippen molar-refractivity contribution in [3.8, 4) is 0 Å². The van der Waals surface area contributed by atoms with Gasteiger partial charge in [0, 0.05) is 18.3 Å². The normalized spacial score (nSPS) is 14.6. The molecular formula is C14H20N4S. The van der Waals surface area contributed by atoms with Crippen molar-refractivity contribution in [1.29, 1.82) is 0 Å². The second-order valence-corrected chi connectivity index (χ2v) is 6.07. The van der Waals surface area contributed by atoms with Gasteiger partial charge in [-0.3, -0.25) is 0 Å². The summed E-state index contributed by atoms with van der Waals surface area (Å²) in [5, 5.41) is 5.28. The molecule has 1 aromatic heterocycles. The van der Waals surface area contributed by atoms with Crippen LogP contribution in [0.4, 0.5) is 0 Å². The van der Waals surface area contributed by atoms with Gasteiger partial charge in [-0.05, 0) is 11.5 Å². The Labute approximate surface area is 118 Å². The maximum Gasteiger partial charge on any atom is 0.186 e. The maximum absolute atomic E-state index is 6.43. The zero-order valence-corrected chi connectivity index (χ0v) is 12.3. The Bertz CT molecular complexity index is 509. The summed E-state index contributed by atoms with van der Waals surface area (Å²) in [7, 11) is 1.90. The van der Waals surface area contributed by atoms with Gasteiger partial charge in [-0.1, -0.05) is 55.9 Å². The van der Waals surface area contributed by atoms with E-state index >= 15 is 0 Å². The fraction of sp³-hybridized carbons (Fsp3) is 0.429. The first kappa shape index (κ1) is 14.1. The van der Waals surface area contributed by atoms with Crippen LogP contribution in [-0.4, -0.2) is 20.0 Å². The lowest BCUT2D eigenvalue weighted by molar-refractivity contribution is 0.524. The van der Waals surface area contributed by atoms with Crippen LogP contribution in [0.5, 0.6) is 0 Å². The number of benzene rings is 1. The highest BCUT2D eigenvalue weighted by atomic mass is 32.2. The molecule has 0 radical (unpaired) electrons. The molecule has 0 amide bonds. The average molecular weight is 276 g/mol. The highest BCUT2D eigenvalue weighted by Crippen LogP contribution is 2.34. The van der Waals surface area contributed by atoms with E-state index in [2.05, 4.69) is 36.1 Å². The molecule has 0 spiro atoms. The van der Waals surface area contributed by atoms with Crippen LogP contribution in [0.3, 0.4) is 0 Å². The predicted molar refractivity (Wildman–Crippen MR) is 78.9 cm³/mol. The van der Waals surface area contributed by atoms with Crippen molar-refractivity contribution in [2.24, 2.45) is 18.7 Å². The lowest BCUT2D eigenvalue weighted by Gasteiger charge is -2.26. The first-order valence-electron chi connectivity index (χ1n) is 6.40. The van der Waals surface area contributed by atoms with Crippen LogP contribution in [0.1, 0.15) is 25.5 Å². The lowest BCUT2D eigenvalue weighted by atomic mass is 9.97. The van der Waals surface area contributed by atoms with E-state index in [0.29, 0.717) is 5.92 Å². The first-order chi connectivity index (χ1) is 9.09. The van der Waals surface area contributed by atoms with Gasteiger partial charge in [0.15, 0.2) is 5.16 Å². The summed E-state index contributed by atoms with van der Waals surface area (Å²) in [6.07, 6.45) is 1.58. The summed E-state index contributed by atoms with van der Waals surface area (Å²) in [5.74, 6) is 0.455. The zero-order valence-electron chi connectivity index (χ0n) is 11.5. The third-order valence-corrected chi connectivity index (χ3v) is 4.80. The van der Waals surface area contributed by atoms with Crippen LogP contribution < -0.4 is 5.73 Å². The van der Waals surface area contributed by atoms with Crippen LogP contribution in [-0.2, 0) is 7.05 Å². The van der Waals surface area contributed by atoms with E-state index in [1.165, 1.54) is 0 Å². The molecule has 2 rings (SSSR count). The highest BCUT2D eigenvalue weighted by molar-refractivity contribution is 7.99. The predicted octanol–water partition coefficient (Wildman–Crippen LogP) is 2.63. The van der Waals surface area contributed by atoms with Crippen molar-refractivity contribution in [2.45, 2.75) is 30.3 Å². The minimum Gasteiger partial charge on any atom is -0.323 e. The molecule has 0 fully saturated rings. The molecular weight excluding hydrogens is 256 g/mol. The van der Waals surface area contributed by atoms with Gasteiger partial charge in [0.1, 0.15) is 6.33 Å². The largest absolute Gasteiger partial charge is 0.323 e. The molecule has 0 bridgehead atoms. The Hall–Kier alpha value is -1.33. The summed E-state index contributed by atoms with van der Waals surface area (Å²) in [4.78, 5) is 4.27. The summed E-state index contributed by atoms with van der Waals surface area (Å²) < 4.78 is 1.79. The topological polar surface area (TPSA) is 56.7 Å². The van der Waals surface area contributed by atoms with E-state index in [9.17, 15) is 0 Å². The number of hydrogen-bond acceptors (Lipinski definition) is 4. The standard InChI is InChI=1S/C14H20N4S/c1-10(2)13(19-14-16-9-17-18(14)3)12(15)11-7-5-4-6-8-11/h4-10,12-13H,15H2,1-3H3. The van der Waals surface area contributed by atoms with E-state index in [0.717, 1.165) is 10.7 Å². The molecule has 2 unspecified atom stereocenters. The summed E-state index contributed by atoms with van der Waals surface area (Å²) in [5.41, 5.74) is 7.59. The van der Waals surface area contributed by atoms with Crippen LogP contribution in [0.25, 0.3) is 0 Å². The van der Waals surface area contributed by atoms with E-state index in [1.807, 2.05) is 25.2 Å². The van der Waals surface area contributed by atoms with E-state index in [4.69, 9.17) is 5.73 Å². The number of hydrogen-bond donors (Lipinski definition) is 1. The molecule has 19 heavy (non-hydrogen) atoms. The molecule has 2 N–H and O–H groups in total. The Kier molecular flexibility index (Phi) is 4.61. The molecule has 0 aliphatic carbocycles. The van der Waals surface area contributed by atoms with E-state index in [-0.39, 0.29) is 11.3 Å². The number of nitrogens with zero attached hydrogens (tertiary/aromatic N) is 3. The second-order valence-electron chi connectivity index (χ2n) is 4.93. The fourth-order valence-corrected chi connectivity index (χ4v) is 3.13. The fourth-order valence-electron chi connectivity index (χ4n) is 2.00. The van der Waals surface area contributed by atoms with Gasteiger partial charge >= 0.3 is 0 Å². The molecule has 0 aliphatic heterocycles.